The van der Waals surface area contributed by atoms with Crippen molar-refractivity contribution >= 4 is 40.6 Å². The number of thiophene rings is 1. The van der Waals surface area contributed by atoms with Crippen molar-refractivity contribution in [1.82, 2.24) is 19.7 Å². The van der Waals surface area contributed by atoms with Crippen molar-refractivity contribution in [2.45, 2.75) is 39.7 Å². The molecule has 7 nitrogen and oxygen atoms in total. The van der Waals surface area contributed by atoms with Gasteiger partial charge in [-0.25, -0.2) is 4.98 Å². The average molecular weight is 496 g/mol. The predicted octanol–water partition coefficient (Wildman–Crippen LogP) is 4.60. The number of pyridine rings is 1. The van der Waals surface area contributed by atoms with Crippen molar-refractivity contribution in [1.29, 1.82) is 0 Å². The van der Waals surface area contributed by atoms with E-state index in [1.54, 1.807) is 35.3 Å². The number of nitrogens with one attached hydrogen (secondary N) is 1. The van der Waals surface area contributed by atoms with Crippen LogP contribution in [0.5, 0.6) is 0 Å². The molecule has 9 heteroatoms. The van der Waals surface area contributed by atoms with Crippen LogP contribution in [0.4, 0.5) is 5.82 Å². The van der Waals surface area contributed by atoms with Crippen molar-refractivity contribution in [2.75, 3.05) is 18.4 Å². The molecule has 0 saturated carbocycles. The van der Waals surface area contributed by atoms with Gasteiger partial charge in [0.1, 0.15) is 5.82 Å². The van der Waals surface area contributed by atoms with Crippen LogP contribution in [0.3, 0.4) is 0 Å². The van der Waals surface area contributed by atoms with Gasteiger partial charge in [-0.1, -0.05) is 29.5 Å². The molecule has 34 heavy (non-hydrogen) atoms. The summed E-state index contributed by atoms with van der Waals surface area (Å²) in [5.74, 6) is 6.92. The van der Waals surface area contributed by atoms with E-state index in [-0.39, 0.29) is 11.6 Å². The van der Waals surface area contributed by atoms with Gasteiger partial charge in [-0.3, -0.25) is 14.3 Å². The summed E-state index contributed by atoms with van der Waals surface area (Å²) in [6, 6.07) is 5.82. The van der Waals surface area contributed by atoms with Gasteiger partial charge in [0, 0.05) is 44.5 Å². The highest BCUT2D eigenvalue weighted by Gasteiger charge is 2.22. The number of rotatable bonds is 5. The van der Waals surface area contributed by atoms with Gasteiger partial charge < -0.3 is 10.2 Å². The highest BCUT2D eigenvalue weighted by molar-refractivity contribution is 7.10. The number of halogens is 1. The molecular weight excluding hydrogens is 470 g/mol. The quantitative estimate of drug-likeness (QED) is 0.524. The topological polar surface area (TPSA) is 80.1 Å². The average Bonchev–Trinajstić information content (AvgIpc) is 3.47. The van der Waals surface area contributed by atoms with Gasteiger partial charge >= 0.3 is 0 Å². The second kappa shape index (κ2) is 10.9. The van der Waals surface area contributed by atoms with Crippen molar-refractivity contribution in [2.24, 2.45) is 5.92 Å². The number of piperidine rings is 1. The Kier molecular flexibility index (Phi) is 7.66. The number of likely N-dealkylation sites (tertiary alicyclic amines) is 1. The molecular formula is C25H26ClN5O2S. The van der Waals surface area contributed by atoms with E-state index in [9.17, 15) is 9.59 Å². The molecule has 176 valence electrons. The molecule has 1 aliphatic rings. The summed E-state index contributed by atoms with van der Waals surface area (Å²) in [6.07, 6.45) is 6.23. The van der Waals surface area contributed by atoms with Gasteiger partial charge in [0.05, 0.1) is 9.90 Å². The molecule has 1 saturated heterocycles. The molecule has 0 radical (unpaired) electrons. The van der Waals surface area contributed by atoms with Crippen molar-refractivity contribution < 1.29 is 9.59 Å². The van der Waals surface area contributed by atoms with Gasteiger partial charge in [-0.2, -0.15) is 5.10 Å². The first kappa shape index (κ1) is 24.0. The zero-order valence-corrected chi connectivity index (χ0v) is 20.7. The second-order valence-electron chi connectivity index (χ2n) is 8.40. The normalized spacial score (nSPS) is 13.9. The first-order valence-corrected chi connectivity index (χ1v) is 12.5. The van der Waals surface area contributed by atoms with Crippen LogP contribution in [-0.4, -0.2) is 44.6 Å². The van der Waals surface area contributed by atoms with Crippen LogP contribution in [0.15, 0.2) is 36.0 Å². The number of aryl methyl sites for hydroxylation is 2. The van der Waals surface area contributed by atoms with Crippen LogP contribution in [0, 0.1) is 24.7 Å². The lowest BCUT2D eigenvalue weighted by atomic mass is 9.93. The number of hydrogen-bond donors (Lipinski definition) is 1. The fraction of sp³-hybridized carbons (Fsp3) is 0.360. The molecule has 0 bridgehead atoms. The lowest BCUT2D eigenvalue weighted by Gasteiger charge is -2.31. The summed E-state index contributed by atoms with van der Waals surface area (Å²) in [7, 11) is 0. The molecule has 4 rings (SSSR count). The lowest BCUT2D eigenvalue weighted by molar-refractivity contribution is -0.130. The van der Waals surface area contributed by atoms with Crippen LogP contribution >= 0.6 is 22.9 Å². The number of amides is 2. The number of carbonyl (C=O) groups is 2. The Morgan fingerprint density at radius 1 is 1.29 bits per heavy atom. The fourth-order valence-electron chi connectivity index (χ4n) is 3.94. The van der Waals surface area contributed by atoms with Gasteiger partial charge in [-0.15, -0.1) is 11.3 Å². The third kappa shape index (κ3) is 6.04. The summed E-state index contributed by atoms with van der Waals surface area (Å²) < 4.78 is 1.72. The van der Waals surface area contributed by atoms with Crippen molar-refractivity contribution in [3.63, 3.8) is 0 Å². The highest BCUT2D eigenvalue weighted by Crippen LogP contribution is 2.23. The summed E-state index contributed by atoms with van der Waals surface area (Å²) in [5, 5.41) is 9.49. The molecule has 2 amide bonds. The Morgan fingerprint density at radius 2 is 2.09 bits per heavy atom. The second-order valence-corrected chi connectivity index (χ2v) is 9.75. The summed E-state index contributed by atoms with van der Waals surface area (Å²) in [6.45, 7) is 5.77. The maximum absolute atomic E-state index is 12.8. The summed E-state index contributed by atoms with van der Waals surface area (Å²) in [4.78, 5) is 31.5. The first-order valence-electron chi connectivity index (χ1n) is 11.2. The monoisotopic (exact) mass is 495 g/mol. The molecule has 3 aromatic heterocycles. The molecule has 0 aromatic carbocycles. The van der Waals surface area contributed by atoms with Crippen LogP contribution in [-0.2, 0) is 11.3 Å². The van der Waals surface area contributed by atoms with Crippen LogP contribution in [0.1, 0.15) is 52.7 Å². The molecule has 1 aliphatic heterocycles. The number of hydrogen-bond acceptors (Lipinski definition) is 5. The number of anilines is 1. The van der Waals surface area contributed by atoms with Gasteiger partial charge in [-0.05, 0) is 55.2 Å². The smallest absolute Gasteiger partial charge is 0.278 e. The number of carbonyl (C=O) groups excluding carboxylic acids is 2. The summed E-state index contributed by atoms with van der Waals surface area (Å²) >= 11 is 7.90. The SMILES string of the molecule is CC(=O)N1CCC(CCn2cc(Cl)c(C(=O)Nc3ncc(C#Cc4cccs4)cc3C)n2)CC1. The Morgan fingerprint density at radius 3 is 2.76 bits per heavy atom. The number of nitrogens with zero attached hydrogens (tertiary/aromatic N) is 4. The van der Waals surface area contributed by atoms with E-state index < -0.39 is 5.91 Å². The van der Waals surface area contributed by atoms with Crippen LogP contribution in [0.25, 0.3) is 0 Å². The molecule has 0 unspecified atom stereocenters. The molecule has 1 fully saturated rings. The standard InChI is InChI=1S/C25H26ClN5O2S/c1-17-14-20(5-6-21-4-3-13-34-21)15-27-24(17)28-25(33)23-22(26)16-31(29-23)12-9-19-7-10-30(11-8-19)18(2)32/h3-4,13-16,19H,7-12H2,1-2H3,(H,27,28,33). The fourth-order valence-corrected chi connectivity index (χ4v) is 4.75. The third-order valence-electron chi connectivity index (χ3n) is 5.92. The van der Waals surface area contributed by atoms with E-state index in [0.717, 1.165) is 48.4 Å². The van der Waals surface area contributed by atoms with Crippen LogP contribution in [0.2, 0.25) is 5.02 Å². The Labute approximate surface area is 208 Å². The number of aromatic nitrogens is 3. The van der Waals surface area contributed by atoms with E-state index >= 15 is 0 Å². The molecule has 0 aliphatic carbocycles. The largest absolute Gasteiger partial charge is 0.343 e. The van der Waals surface area contributed by atoms with Gasteiger partial charge in [0.15, 0.2) is 5.69 Å². The molecule has 0 spiro atoms. The van der Waals surface area contributed by atoms with E-state index in [4.69, 9.17) is 11.6 Å². The van der Waals surface area contributed by atoms with Gasteiger partial charge in [0.2, 0.25) is 5.91 Å². The Hall–Kier alpha value is -3.15. The maximum Gasteiger partial charge on any atom is 0.278 e. The van der Waals surface area contributed by atoms with E-state index in [2.05, 4.69) is 27.2 Å². The van der Waals surface area contributed by atoms with Gasteiger partial charge in [0.25, 0.3) is 5.91 Å². The lowest BCUT2D eigenvalue weighted by Crippen LogP contribution is -2.37. The zero-order valence-electron chi connectivity index (χ0n) is 19.2. The molecule has 0 atom stereocenters. The van der Waals surface area contributed by atoms with E-state index in [1.165, 1.54) is 0 Å². The Balaban J connectivity index is 1.34. The minimum absolute atomic E-state index is 0.138. The Bertz CT molecular complexity index is 1230. The van der Waals surface area contributed by atoms with Crippen molar-refractivity contribution in [3.05, 3.63) is 62.7 Å². The summed E-state index contributed by atoms with van der Waals surface area (Å²) in [5.41, 5.74) is 1.76. The predicted molar refractivity (Wildman–Crippen MR) is 134 cm³/mol. The minimum atomic E-state index is -0.397. The minimum Gasteiger partial charge on any atom is -0.343 e. The molecule has 1 N–H and O–H groups in total. The van der Waals surface area contributed by atoms with E-state index in [1.807, 2.05) is 35.4 Å². The maximum atomic E-state index is 12.8. The van der Waals surface area contributed by atoms with Crippen LogP contribution < -0.4 is 5.32 Å². The van der Waals surface area contributed by atoms with E-state index in [0.29, 0.717) is 23.3 Å². The molecule has 4 heterocycles. The highest BCUT2D eigenvalue weighted by atomic mass is 35.5. The third-order valence-corrected chi connectivity index (χ3v) is 6.98. The molecule has 3 aromatic rings. The zero-order chi connectivity index (χ0) is 24.1. The first-order chi connectivity index (χ1) is 16.4. The van der Waals surface area contributed by atoms with Crippen molar-refractivity contribution in [3.8, 4) is 11.8 Å².